The van der Waals surface area contributed by atoms with Gasteiger partial charge in [0.15, 0.2) is 15.6 Å². The first-order valence-electron chi connectivity index (χ1n) is 9.08. The summed E-state index contributed by atoms with van der Waals surface area (Å²) >= 11 is 12.4. The highest BCUT2D eigenvalue weighted by atomic mass is 35.5. The first-order chi connectivity index (χ1) is 13.7. The number of amides is 1. The summed E-state index contributed by atoms with van der Waals surface area (Å²) in [6.07, 6.45) is 0.293. The van der Waals surface area contributed by atoms with Crippen LogP contribution in [-0.2, 0) is 16.4 Å². The molecule has 1 aliphatic rings. The van der Waals surface area contributed by atoms with Gasteiger partial charge in [0.05, 0.1) is 28.2 Å². The van der Waals surface area contributed by atoms with Gasteiger partial charge in [-0.15, -0.1) is 0 Å². The molecule has 1 fully saturated rings. The standard InChI is InChI=1S/C20H20Cl2FNO4S/c1-2-28-19-16(21)9-14(10-17(19)22)20(25)24(15-7-8-29(26,27)12-15)11-13-5-3-4-6-18(13)23/h3-6,9-10,15H,2,7-8,11-12H2,1H3/t15-/m0/s1. The molecule has 0 N–H and O–H groups in total. The van der Waals surface area contributed by atoms with Gasteiger partial charge in [0.25, 0.3) is 5.91 Å². The molecule has 2 aromatic carbocycles. The van der Waals surface area contributed by atoms with E-state index < -0.39 is 27.6 Å². The van der Waals surface area contributed by atoms with Crippen LogP contribution < -0.4 is 4.74 Å². The van der Waals surface area contributed by atoms with Crippen LogP contribution in [0, 0.1) is 5.82 Å². The van der Waals surface area contributed by atoms with E-state index in [0.717, 1.165) is 0 Å². The van der Waals surface area contributed by atoms with Gasteiger partial charge in [0.1, 0.15) is 5.82 Å². The van der Waals surface area contributed by atoms with Crippen molar-refractivity contribution in [1.82, 2.24) is 4.90 Å². The molecule has 29 heavy (non-hydrogen) atoms. The number of hydrogen-bond donors (Lipinski definition) is 0. The predicted octanol–water partition coefficient (Wildman–Crippen LogP) is 4.36. The lowest BCUT2D eigenvalue weighted by atomic mass is 10.1. The minimum absolute atomic E-state index is 0.0104. The number of ether oxygens (including phenoxy) is 1. The Morgan fingerprint density at radius 3 is 2.45 bits per heavy atom. The fraction of sp³-hybridized carbons (Fsp3) is 0.350. The maximum Gasteiger partial charge on any atom is 0.254 e. The van der Waals surface area contributed by atoms with Crippen molar-refractivity contribution in [2.45, 2.75) is 25.9 Å². The van der Waals surface area contributed by atoms with E-state index in [9.17, 15) is 17.6 Å². The molecule has 1 amide bonds. The number of carbonyl (C=O) groups excluding carboxylic acids is 1. The largest absolute Gasteiger partial charge is 0.491 e. The van der Waals surface area contributed by atoms with Gasteiger partial charge in [-0.05, 0) is 31.5 Å². The van der Waals surface area contributed by atoms with Crippen LogP contribution in [0.2, 0.25) is 10.0 Å². The van der Waals surface area contributed by atoms with Crippen LogP contribution >= 0.6 is 23.2 Å². The van der Waals surface area contributed by atoms with Crippen molar-refractivity contribution >= 4 is 38.9 Å². The highest BCUT2D eigenvalue weighted by Crippen LogP contribution is 2.35. The molecule has 0 radical (unpaired) electrons. The molecular weight excluding hydrogens is 440 g/mol. The zero-order chi connectivity index (χ0) is 21.2. The van der Waals surface area contributed by atoms with Crippen molar-refractivity contribution < 1.29 is 22.3 Å². The predicted molar refractivity (Wildman–Crippen MR) is 111 cm³/mol. The second-order valence-corrected chi connectivity index (χ2v) is 9.83. The SMILES string of the molecule is CCOc1c(Cl)cc(C(=O)N(Cc2ccccc2F)[C@H]2CCS(=O)(=O)C2)cc1Cl. The molecule has 156 valence electrons. The van der Waals surface area contributed by atoms with Crippen LogP contribution in [0.5, 0.6) is 5.75 Å². The topological polar surface area (TPSA) is 63.7 Å². The summed E-state index contributed by atoms with van der Waals surface area (Å²) in [5.41, 5.74) is 0.484. The Hall–Kier alpha value is -1.83. The summed E-state index contributed by atoms with van der Waals surface area (Å²) in [6.45, 7) is 2.07. The lowest BCUT2D eigenvalue weighted by molar-refractivity contribution is 0.0679. The van der Waals surface area contributed by atoms with E-state index in [1.54, 1.807) is 25.1 Å². The van der Waals surface area contributed by atoms with E-state index in [2.05, 4.69) is 0 Å². The Balaban J connectivity index is 1.97. The maximum absolute atomic E-state index is 14.2. The minimum atomic E-state index is -3.25. The average molecular weight is 460 g/mol. The van der Waals surface area contributed by atoms with Crippen LogP contribution in [0.3, 0.4) is 0 Å². The lowest BCUT2D eigenvalue weighted by Crippen LogP contribution is -2.40. The third kappa shape index (κ3) is 5.02. The third-order valence-corrected chi connectivity index (χ3v) is 7.05. The third-order valence-electron chi connectivity index (χ3n) is 4.74. The molecule has 0 aliphatic carbocycles. The van der Waals surface area contributed by atoms with Crippen LogP contribution in [0.4, 0.5) is 4.39 Å². The summed E-state index contributed by atoms with van der Waals surface area (Å²) in [7, 11) is -3.25. The monoisotopic (exact) mass is 459 g/mol. The number of benzene rings is 2. The van der Waals surface area contributed by atoms with Crippen molar-refractivity contribution in [3.63, 3.8) is 0 Å². The fourth-order valence-corrected chi connectivity index (χ4v) is 5.66. The van der Waals surface area contributed by atoms with Crippen LogP contribution in [0.15, 0.2) is 36.4 Å². The van der Waals surface area contributed by atoms with E-state index >= 15 is 0 Å². The average Bonchev–Trinajstić information content (AvgIpc) is 3.03. The smallest absolute Gasteiger partial charge is 0.254 e. The Morgan fingerprint density at radius 1 is 1.24 bits per heavy atom. The molecule has 1 saturated heterocycles. The Kier molecular flexibility index (Phi) is 6.71. The highest BCUT2D eigenvalue weighted by molar-refractivity contribution is 7.91. The number of sulfone groups is 1. The summed E-state index contributed by atoms with van der Waals surface area (Å²) in [5.74, 6) is -0.831. The number of hydrogen-bond acceptors (Lipinski definition) is 4. The highest BCUT2D eigenvalue weighted by Gasteiger charge is 2.35. The first-order valence-corrected chi connectivity index (χ1v) is 11.7. The normalized spacial score (nSPS) is 17.9. The number of rotatable bonds is 6. The van der Waals surface area contributed by atoms with E-state index in [4.69, 9.17) is 27.9 Å². The molecule has 5 nitrogen and oxygen atoms in total. The summed E-state index contributed by atoms with van der Waals surface area (Å²) < 4.78 is 43.5. The van der Waals surface area contributed by atoms with Crippen molar-refractivity contribution in [1.29, 1.82) is 0 Å². The molecule has 1 aliphatic heterocycles. The van der Waals surface area contributed by atoms with Crippen LogP contribution in [0.25, 0.3) is 0 Å². The second-order valence-electron chi connectivity index (χ2n) is 6.78. The summed E-state index contributed by atoms with van der Waals surface area (Å²) in [4.78, 5) is 14.7. The van der Waals surface area contributed by atoms with Gasteiger partial charge in [0.2, 0.25) is 0 Å². The molecule has 0 saturated carbocycles. The second kappa shape index (κ2) is 8.90. The van der Waals surface area contributed by atoms with Gasteiger partial charge < -0.3 is 9.64 Å². The van der Waals surface area contributed by atoms with E-state index in [1.807, 2.05) is 0 Å². The Labute approximate surface area is 179 Å². The molecule has 0 bridgehead atoms. The number of nitrogens with zero attached hydrogens (tertiary/aromatic N) is 1. The Bertz CT molecular complexity index is 1010. The van der Waals surface area contributed by atoms with Crippen molar-refractivity contribution in [3.05, 3.63) is 63.4 Å². The van der Waals surface area contributed by atoms with Crippen molar-refractivity contribution in [2.75, 3.05) is 18.1 Å². The molecule has 0 aromatic heterocycles. The summed E-state index contributed by atoms with van der Waals surface area (Å²) in [5, 5.41) is 0.347. The van der Waals surface area contributed by atoms with Crippen molar-refractivity contribution in [3.8, 4) is 5.75 Å². The van der Waals surface area contributed by atoms with Gasteiger partial charge in [0, 0.05) is 23.7 Å². The molecule has 0 spiro atoms. The molecule has 1 heterocycles. The van der Waals surface area contributed by atoms with Gasteiger partial charge in [-0.1, -0.05) is 41.4 Å². The van der Waals surface area contributed by atoms with E-state index in [-0.39, 0.29) is 39.4 Å². The lowest BCUT2D eigenvalue weighted by Gasteiger charge is -2.29. The fourth-order valence-electron chi connectivity index (χ4n) is 3.33. The molecule has 1 atom stereocenters. The van der Waals surface area contributed by atoms with Crippen LogP contribution in [0.1, 0.15) is 29.3 Å². The van der Waals surface area contributed by atoms with Crippen LogP contribution in [-0.4, -0.2) is 43.4 Å². The number of carbonyl (C=O) groups is 1. The van der Waals surface area contributed by atoms with Gasteiger partial charge in [-0.25, -0.2) is 12.8 Å². The maximum atomic E-state index is 14.2. The molecule has 9 heteroatoms. The molecule has 0 unspecified atom stereocenters. The summed E-state index contributed by atoms with van der Waals surface area (Å²) in [6, 6.07) is 8.38. The Morgan fingerprint density at radius 2 is 1.90 bits per heavy atom. The van der Waals surface area contributed by atoms with Gasteiger partial charge >= 0.3 is 0 Å². The van der Waals surface area contributed by atoms with Gasteiger partial charge in [-0.3, -0.25) is 4.79 Å². The quantitative estimate of drug-likeness (QED) is 0.643. The van der Waals surface area contributed by atoms with Gasteiger partial charge in [-0.2, -0.15) is 0 Å². The van der Waals surface area contributed by atoms with E-state index in [1.165, 1.54) is 23.1 Å². The molecule has 2 aromatic rings. The number of halogens is 3. The molecular formula is C20H20Cl2FNO4S. The van der Waals surface area contributed by atoms with Crippen molar-refractivity contribution in [2.24, 2.45) is 0 Å². The zero-order valence-electron chi connectivity index (χ0n) is 15.7. The first kappa shape index (κ1) is 21.9. The zero-order valence-corrected chi connectivity index (χ0v) is 18.0. The molecule has 3 rings (SSSR count). The van der Waals surface area contributed by atoms with E-state index in [0.29, 0.717) is 18.6 Å². The minimum Gasteiger partial charge on any atom is -0.491 e.